The second-order valence-electron chi connectivity index (χ2n) is 4.25. The summed E-state index contributed by atoms with van der Waals surface area (Å²) < 4.78 is 46.2. The summed E-state index contributed by atoms with van der Waals surface area (Å²) in [4.78, 5) is 0. The molecule has 2 aromatic carbocycles. The lowest BCUT2D eigenvalue weighted by Crippen LogP contribution is -2.23. The van der Waals surface area contributed by atoms with Crippen LogP contribution in [0.5, 0.6) is 5.75 Å². The zero-order valence-electron chi connectivity index (χ0n) is 10.4. The van der Waals surface area contributed by atoms with Crippen molar-refractivity contribution in [2.24, 2.45) is 0 Å². The van der Waals surface area contributed by atoms with Gasteiger partial charge in [-0.15, -0.1) is 0 Å². The van der Waals surface area contributed by atoms with Gasteiger partial charge in [-0.1, -0.05) is 42.5 Å². The molecule has 0 amide bonds. The van der Waals surface area contributed by atoms with E-state index in [9.17, 15) is 13.2 Å². The molecule has 0 heterocycles. The van der Waals surface area contributed by atoms with Gasteiger partial charge in [-0.2, -0.15) is 8.78 Å². The second-order valence-corrected chi connectivity index (χ2v) is 4.25. The Kier molecular flexibility index (Phi) is 3.79. The van der Waals surface area contributed by atoms with Crippen LogP contribution < -0.4 is 4.74 Å². The van der Waals surface area contributed by atoms with Gasteiger partial charge in [0.25, 0.3) is 0 Å². The Labute approximate surface area is 109 Å². The number of alkyl halides is 2. The minimum absolute atomic E-state index is 0.150. The van der Waals surface area contributed by atoms with Crippen LogP contribution in [0.15, 0.2) is 48.5 Å². The Bertz CT molecular complexity index is 553. The van der Waals surface area contributed by atoms with E-state index >= 15 is 0 Å². The Morgan fingerprint density at radius 3 is 2.37 bits per heavy atom. The molecule has 0 atom stereocenters. The van der Waals surface area contributed by atoms with E-state index in [-0.39, 0.29) is 11.3 Å². The van der Waals surface area contributed by atoms with E-state index in [1.165, 1.54) is 30.3 Å². The third kappa shape index (κ3) is 3.08. The molecule has 0 radical (unpaired) electrons. The van der Waals surface area contributed by atoms with Gasteiger partial charge in [0.1, 0.15) is 0 Å². The van der Waals surface area contributed by atoms with Crippen molar-refractivity contribution in [2.75, 3.05) is 6.61 Å². The van der Waals surface area contributed by atoms with E-state index in [4.69, 9.17) is 4.74 Å². The summed E-state index contributed by atoms with van der Waals surface area (Å²) in [6, 6.07) is 11.8. The van der Waals surface area contributed by atoms with Crippen molar-refractivity contribution >= 4 is 0 Å². The fourth-order valence-electron chi connectivity index (χ4n) is 1.67. The molecule has 0 fully saturated rings. The van der Waals surface area contributed by atoms with Gasteiger partial charge in [-0.3, -0.25) is 0 Å². The molecular formula is C15H13F3O. The maximum absolute atomic E-state index is 13.8. The summed E-state index contributed by atoms with van der Waals surface area (Å²) in [6.07, 6.45) is 0. The summed E-state index contributed by atoms with van der Waals surface area (Å²) in [7, 11) is 0. The van der Waals surface area contributed by atoms with E-state index in [0.29, 0.717) is 5.56 Å². The number of hydrogen-bond acceptors (Lipinski definition) is 1. The predicted octanol–water partition coefficient (Wildman–Crippen LogP) is 4.30. The molecule has 0 unspecified atom stereocenters. The van der Waals surface area contributed by atoms with Crippen molar-refractivity contribution in [1.82, 2.24) is 0 Å². The Morgan fingerprint density at radius 1 is 1.00 bits per heavy atom. The minimum Gasteiger partial charge on any atom is -0.484 e. The molecule has 4 heteroatoms. The van der Waals surface area contributed by atoms with Crippen LogP contribution in [-0.2, 0) is 5.92 Å². The number of halogens is 3. The lowest BCUT2D eigenvalue weighted by atomic mass is 10.1. The zero-order valence-corrected chi connectivity index (χ0v) is 10.4. The number of rotatable bonds is 4. The average molecular weight is 266 g/mol. The number of hydrogen-bond donors (Lipinski definition) is 0. The normalized spacial score (nSPS) is 11.4. The molecule has 2 rings (SSSR count). The third-order valence-corrected chi connectivity index (χ3v) is 2.76. The molecule has 0 aliphatic carbocycles. The molecule has 19 heavy (non-hydrogen) atoms. The predicted molar refractivity (Wildman–Crippen MR) is 67.0 cm³/mol. The Morgan fingerprint density at radius 2 is 1.68 bits per heavy atom. The molecule has 2 aromatic rings. The molecule has 0 saturated heterocycles. The topological polar surface area (TPSA) is 9.23 Å². The number of benzene rings is 2. The van der Waals surface area contributed by atoms with E-state index in [1.807, 2.05) is 0 Å². The number of ether oxygens (including phenoxy) is 1. The maximum atomic E-state index is 13.8. The van der Waals surface area contributed by atoms with Crippen LogP contribution in [0.25, 0.3) is 0 Å². The van der Waals surface area contributed by atoms with E-state index in [2.05, 4.69) is 0 Å². The third-order valence-electron chi connectivity index (χ3n) is 2.76. The van der Waals surface area contributed by atoms with Crippen LogP contribution in [0, 0.1) is 12.7 Å². The molecule has 0 bridgehead atoms. The fraction of sp³-hybridized carbons (Fsp3) is 0.200. The van der Waals surface area contributed by atoms with E-state index < -0.39 is 18.3 Å². The summed E-state index contributed by atoms with van der Waals surface area (Å²) in [5.74, 6) is -3.92. The van der Waals surface area contributed by atoms with Crippen LogP contribution in [0.1, 0.15) is 11.1 Å². The van der Waals surface area contributed by atoms with Crippen molar-refractivity contribution in [3.05, 3.63) is 65.5 Å². The van der Waals surface area contributed by atoms with Gasteiger partial charge in [0.15, 0.2) is 18.2 Å². The fourth-order valence-corrected chi connectivity index (χ4v) is 1.67. The van der Waals surface area contributed by atoms with Crippen LogP contribution in [0.4, 0.5) is 13.2 Å². The van der Waals surface area contributed by atoms with Gasteiger partial charge in [-0.05, 0) is 18.6 Å². The van der Waals surface area contributed by atoms with Crippen molar-refractivity contribution < 1.29 is 17.9 Å². The van der Waals surface area contributed by atoms with Crippen molar-refractivity contribution in [2.45, 2.75) is 12.8 Å². The van der Waals surface area contributed by atoms with E-state index in [1.54, 1.807) is 25.1 Å². The van der Waals surface area contributed by atoms with Crippen LogP contribution >= 0.6 is 0 Å². The molecule has 0 aliphatic rings. The highest BCUT2D eigenvalue weighted by atomic mass is 19.3. The van der Waals surface area contributed by atoms with Crippen molar-refractivity contribution in [3.8, 4) is 5.75 Å². The molecule has 0 spiro atoms. The first-order valence-corrected chi connectivity index (χ1v) is 5.82. The molecular weight excluding hydrogens is 253 g/mol. The molecule has 1 nitrogen and oxygen atoms in total. The van der Waals surface area contributed by atoms with Crippen LogP contribution in [-0.4, -0.2) is 6.61 Å². The summed E-state index contributed by atoms with van der Waals surface area (Å²) in [5.41, 5.74) is 0.212. The Balaban J connectivity index is 2.12. The first-order chi connectivity index (χ1) is 9.00. The van der Waals surface area contributed by atoms with Crippen LogP contribution in [0.2, 0.25) is 0 Å². The zero-order chi connectivity index (χ0) is 13.9. The lowest BCUT2D eigenvalue weighted by molar-refractivity contribution is -0.0475. The van der Waals surface area contributed by atoms with Crippen molar-refractivity contribution in [1.29, 1.82) is 0 Å². The van der Waals surface area contributed by atoms with Gasteiger partial charge in [0.2, 0.25) is 0 Å². The first-order valence-electron chi connectivity index (χ1n) is 5.82. The summed E-state index contributed by atoms with van der Waals surface area (Å²) >= 11 is 0. The highest BCUT2D eigenvalue weighted by Gasteiger charge is 2.32. The average Bonchev–Trinajstić information content (AvgIpc) is 2.41. The second kappa shape index (κ2) is 5.34. The largest absolute Gasteiger partial charge is 0.484 e. The van der Waals surface area contributed by atoms with Gasteiger partial charge < -0.3 is 4.74 Å². The lowest BCUT2D eigenvalue weighted by Gasteiger charge is -2.18. The summed E-state index contributed by atoms with van der Waals surface area (Å²) in [6.45, 7) is 0.662. The first kappa shape index (κ1) is 13.5. The van der Waals surface area contributed by atoms with Gasteiger partial charge in [-0.25, -0.2) is 4.39 Å². The molecule has 0 aromatic heterocycles. The van der Waals surface area contributed by atoms with Crippen LogP contribution in [0.3, 0.4) is 0 Å². The molecule has 0 N–H and O–H groups in total. The highest BCUT2D eigenvalue weighted by Crippen LogP contribution is 2.29. The smallest absolute Gasteiger partial charge is 0.306 e. The molecule has 100 valence electrons. The standard InChI is InChI=1S/C15H13F3O/c1-11-6-5-9-13(14(11)16)19-10-15(17,18)12-7-3-2-4-8-12/h2-9H,10H2,1H3. The minimum atomic E-state index is -3.16. The number of aryl methyl sites for hydroxylation is 1. The van der Waals surface area contributed by atoms with Gasteiger partial charge >= 0.3 is 5.92 Å². The molecule has 0 aliphatic heterocycles. The highest BCUT2D eigenvalue weighted by molar-refractivity contribution is 5.30. The monoisotopic (exact) mass is 266 g/mol. The van der Waals surface area contributed by atoms with Gasteiger partial charge in [0, 0.05) is 5.56 Å². The van der Waals surface area contributed by atoms with Gasteiger partial charge in [0.05, 0.1) is 0 Å². The Hall–Kier alpha value is -1.97. The van der Waals surface area contributed by atoms with E-state index in [0.717, 1.165) is 0 Å². The van der Waals surface area contributed by atoms with Crippen molar-refractivity contribution in [3.63, 3.8) is 0 Å². The SMILES string of the molecule is Cc1cccc(OCC(F)(F)c2ccccc2)c1F. The quantitative estimate of drug-likeness (QED) is 0.801. The maximum Gasteiger partial charge on any atom is 0.306 e. The summed E-state index contributed by atoms with van der Waals surface area (Å²) in [5, 5.41) is 0. The molecule has 0 saturated carbocycles.